The molecule has 106 valence electrons. The summed E-state index contributed by atoms with van der Waals surface area (Å²) in [7, 11) is 0. The first-order chi connectivity index (χ1) is 8.45. The SMILES string of the molecule is CC.CC(C)Cc1ccc(F)cn1.CCC(C)C. The monoisotopic (exact) mass is 255 g/mol. The summed E-state index contributed by atoms with van der Waals surface area (Å²) in [5, 5.41) is 0. The molecule has 0 aliphatic rings. The average Bonchev–Trinajstić information content (AvgIpc) is 2.35. The van der Waals surface area contributed by atoms with E-state index >= 15 is 0 Å². The number of hydrogen-bond donors (Lipinski definition) is 0. The summed E-state index contributed by atoms with van der Waals surface area (Å²) >= 11 is 0. The summed E-state index contributed by atoms with van der Waals surface area (Å²) in [6.07, 6.45) is 3.48. The van der Waals surface area contributed by atoms with E-state index in [2.05, 4.69) is 39.6 Å². The minimum atomic E-state index is -0.266. The molecule has 0 aliphatic heterocycles. The van der Waals surface area contributed by atoms with E-state index in [1.54, 1.807) is 6.07 Å². The van der Waals surface area contributed by atoms with Crippen molar-refractivity contribution in [3.05, 3.63) is 29.8 Å². The minimum absolute atomic E-state index is 0.266. The van der Waals surface area contributed by atoms with Gasteiger partial charge in [-0.3, -0.25) is 4.98 Å². The van der Waals surface area contributed by atoms with Crippen molar-refractivity contribution in [2.45, 2.75) is 61.3 Å². The summed E-state index contributed by atoms with van der Waals surface area (Å²) < 4.78 is 12.4. The van der Waals surface area contributed by atoms with Gasteiger partial charge in [-0.1, -0.05) is 54.9 Å². The van der Waals surface area contributed by atoms with E-state index in [9.17, 15) is 4.39 Å². The van der Waals surface area contributed by atoms with E-state index in [1.807, 2.05) is 13.8 Å². The van der Waals surface area contributed by atoms with Gasteiger partial charge in [-0.05, 0) is 30.4 Å². The molecule has 0 amide bonds. The van der Waals surface area contributed by atoms with Gasteiger partial charge in [-0.25, -0.2) is 4.39 Å². The quantitative estimate of drug-likeness (QED) is 0.695. The van der Waals surface area contributed by atoms with Crippen LogP contribution in [0.2, 0.25) is 0 Å². The third-order valence-corrected chi connectivity index (χ3v) is 2.22. The number of aromatic nitrogens is 1. The van der Waals surface area contributed by atoms with Crippen LogP contribution in [0.15, 0.2) is 18.3 Å². The van der Waals surface area contributed by atoms with Crippen molar-refractivity contribution in [1.82, 2.24) is 4.98 Å². The van der Waals surface area contributed by atoms with Gasteiger partial charge in [0.15, 0.2) is 0 Å². The Morgan fingerprint density at radius 1 is 1.06 bits per heavy atom. The molecule has 1 rings (SSSR count). The van der Waals surface area contributed by atoms with E-state index < -0.39 is 0 Å². The van der Waals surface area contributed by atoms with Crippen LogP contribution >= 0.6 is 0 Å². The first-order valence-corrected chi connectivity index (χ1v) is 7.06. The fourth-order valence-corrected chi connectivity index (χ4v) is 0.945. The van der Waals surface area contributed by atoms with Gasteiger partial charge in [0.25, 0.3) is 0 Å². The van der Waals surface area contributed by atoms with Crippen molar-refractivity contribution < 1.29 is 4.39 Å². The van der Waals surface area contributed by atoms with Crippen LogP contribution in [0.1, 0.15) is 60.6 Å². The molecule has 1 heterocycles. The van der Waals surface area contributed by atoms with Gasteiger partial charge in [0.2, 0.25) is 0 Å². The second kappa shape index (κ2) is 12.5. The second-order valence-electron chi connectivity index (χ2n) is 4.87. The maximum atomic E-state index is 12.4. The zero-order valence-corrected chi connectivity index (χ0v) is 13.1. The highest BCUT2D eigenvalue weighted by molar-refractivity contribution is 5.05. The van der Waals surface area contributed by atoms with E-state index in [0.29, 0.717) is 5.92 Å². The largest absolute Gasteiger partial charge is 0.258 e. The van der Waals surface area contributed by atoms with Crippen molar-refractivity contribution in [2.24, 2.45) is 11.8 Å². The van der Waals surface area contributed by atoms with Gasteiger partial charge in [-0.15, -0.1) is 0 Å². The lowest BCUT2D eigenvalue weighted by molar-refractivity contribution is 0.605. The fraction of sp³-hybridized carbons (Fsp3) is 0.688. The Morgan fingerprint density at radius 2 is 1.56 bits per heavy atom. The molecule has 0 N–H and O–H groups in total. The van der Waals surface area contributed by atoms with Gasteiger partial charge in [0, 0.05) is 5.69 Å². The fourth-order valence-electron chi connectivity index (χ4n) is 0.945. The Balaban J connectivity index is 0. The molecular formula is C16H30FN. The molecular weight excluding hydrogens is 225 g/mol. The summed E-state index contributed by atoms with van der Waals surface area (Å²) in [6, 6.07) is 3.18. The zero-order valence-electron chi connectivity index (χ0n) is 13.1. The van der Waals surface area contributed by atoms with E-state index in [4.69, 9.17) is 0 Å². The Kier molecular flexibility index (Phi) is 13.5. The van der Waals surface area contributed by atoms with Gasteiger partial charge < -0.3 is 0 Å². The Bertz CT molecular complexity index is 265. The molecule has 0 aromatic carbocycles. The third kappa shape index (κ3) is 13.1. The molecule has 0 bridgehead atoms. The normalized spacial score (nSPS) is 9.44. The predicted octanol–water partition coefficient (Wildman–Crippen LogP) is 5.50. The maximum Gasteiger partial charge on any atom is 0.141 e. The molecule has 0 spiro atoms. The van der Waals surface area contributed by atoms with Crippen LogP contribution in [0.3, 0.4) is 0 Å². The Labute approximate surface area is 113 Å². The molecule has 1 aromatic heterocycles. The number of pyridine rings is 1. The Morgan fingerprint density at radius 3 is 1.83 bits per heavy atom. The van der Waals surface area contributed by atoms with Crippen molar-refractivity contribution in [3.63, 3.8) is 0 Å². The molecule has 0 radical (unpaired) electrons. The first kappa shape index (κ1) is 19.4. The van der Waals surface area contributed by atoms with Gasteiger partial charge in [0.1, 0.15) is 5.82 Å². The molecule has 1 nitrogen and oxygen atoms in total. The number of nitrogens with zero attached hydrogens (tertiary/aromatic N) is 1. The molecule has 0 fully saturated rings. The van der Waals surface area contributed by atoms with Crippen LogP contribution in [0, 0.1) is 17.7 Å². The van der Waals surface area contributed by atoms with Gasteiger partial charge >= 0.3 is 0 Å². The number of rotatable bonds is 3. The average molecular weight is 255 g/mol. The molecule has 0 unspecified atom stereocenters. The molecule has 0 saturated carbocycles. The maximum absolute atomic E-state index is 12.4. The topological polar surface area (TPSA) is 12.9 Å². The molecule has 1 aromatic rings. The number of halogens is 1. The van der Waals surface area contributed by atoms with Crippen molar-refractivity contribution in [3.8, 4) is 0 Å². The molecule has 0 aliphatic carbocycles. The smallest absolute Gasteiger partial charge is 0.141 e. The minimum Gasteiger partial charge on any atom is -0.258 e. The first-order valence-electron chi connectivity index (χ1n) is 7.06. The lowest BCUT2D eigenvalue weighted by Crippen LogP contribution is -1.96. The van der Waals surface area contributed by atoms with Crippen LogP contribution < -0.4 is 0 Å². The van der Waals surface area contributed by atoms with E-state index in [1.165, 1.54) is 18.7 Å². The second-order valence-corrected chi connectivity index (χ2v) is 4.87. The third-order valence-electron chi connectivity index (χ3n) is 2.22. The van der Waals surface area contributed by atoms with E-state index in [-0.39, 0.29) is 5.82 Å². The highest BCUT2D eigenvalue weighted by atomic mass is 19.1. The van der Waals surface area contributed by atoms with Gasteiger partial charge in [0.05, 0.1) is 6.20 Å². The van der Waals surface area contributed by atoms with Crippen LogP contribution in [-0.2, 0) is 6.42 Å². The van der Waals surface area contributed by atoms with Crippen molar-refractivity contribution in [1.29, 1.82) is 0 Å². The summed E-state index contributed by atoms with van der Waals surface area (Å²) in [5.74, 6) is 1.19. The summed E-state index contributed by atoms with van der Waals surface area (Å²) in [4.78, 5) is 3.94. The van der Waals surface area contributed by atoms with Crippen LogP contribution in [-0.4, -0.2) is 4.98 Å². The lowest BCUT2D eigenvalue weighted by Gasteiger charge is -2.02. The van der Waals surface area contributed by atoms with Gasteiger partial charge in [-0.2, -0.15) is 0 Å². The highest BCUT2D eigenvalue weighted by Gasteiger charge is 1.98. The highest BCUT2D eigenvalue weighted by Crippen LogP contribution is 2.04. The van der Waals surface area contributed by atoms with Crippen molar-refractivity contribution >= 4 is 0 Å². The van der Waals surface area contributed by atoms with Crippen molar-refractivity contribution in [2.75, 3.05) is 0 Å². The lowest BCUT2D eigenvalue weighted by atomic mass is 10.1. The summed E-state index contributed by atoms with van der Waals surface area (Å²) in [5.41, 5.74) is 0.960. The summed E-state index contributed by atoms with van der Waals surface area (Å²) in [6.45, 7) is 14.9. The predicted molar refractivity (Wildman–Crippen MR) is 79.2 cm³/mol. The molecule has 2 heteroatoms. The molecule has 18 heavy (non-hydrogen) atoms. The van der Waals surface area contributed by atoms with Crippen LogP contribution in [0.25, 0.3) is 0 Å². The molecule has 0 atom stereocenters. The van der Waals surface area contributed by atoms with E-state index in [0.717, 1.165) is 18.0 Å². The van der Waals surface area contributed by atoms with Crippen LogP contribution in [0.4, 0.5) is 4.39 Å². The standard InChI is InChI=1S/C9H12FN.C5H12.C2H6/c1-7(2)5-9-4-3-8(10)6-11-9;1-4-5(2)3;1-2/h3-4,6-7H,5H2,1-2H3;5H,4H2,1-3H3;1-2H3. The zero-order chi connectivity index (χ0) is 14.6. The Hall–Kier alpha value is -0.920. The van der Waals surface area contributed by atoms with Crippen LogP contribution in [0.5, 0.6) is 0 Å². The number of hydrogen-bond acceptors (Lipinski definition) is 1. The molecule has 0 saturated heterocycles.